The average molecular weight is 417 g/mol. The van der Waals surface area contributed by atoms with Gasteiger partial charge in [0.1, 0.15) is 0 Å². The van der Waals surface area contributed by atoms with E-state index in [9.17, 15) is 13.2 Å². The van der Waals surface area contributed by atoms with Crippen molar-refractivity contribution in [2.24, 2.45) is 16.5 Å². The van der Waals surface area contributed by atoms with Crippen LogP contribution in [0.25, 0.3) is 0 Å². The van der Waals surface area contributed by atoms with Crippen LogP contribution in [0.4, 0.5) is 0 Å². The summed E-state index contributed by atoms with van der Waals surface area (Å²) < 4.78 is 28.5. The smallest absolute Gasteiger partial charge is 0.238 e. The number of amides is 1. The molecule has 9 heteroatoms. The number of rotatable bonds is 5. The second-order valence-corrected chi connectivity index (χ2v) is 10.7. The number of hydrogen-bond donors (Lipinski definition) is 1. The Kier molecular flexibility index (Phi) is 3.96. The van der Waals surface area contributed by atoms with Crippen molar-refractivity contribution in [3.05, 3.63) is 41.5 Å². The second kappa shape index (κ2) is 6.12. The van der Waals surface area contributed by atoms with Gasteiger partial charge in [-0.05, 0) is 36.0 Å². The van der Waals surface area contributed by atoms with Crippen LogP contribution >= 0.6 is 0 Å². The minimum absolute atomic E-state index is 0.0577. The molecular formula is C20H24N4O4S. The van der Waals surface area contributed by atoms with E-state index in [0.29, 0.717) is 24.8 Å². The molecule has 2 saturated carbocycles. The number of nitrogens with two attached hydrogens (primary N) is 1. The Morgan fingerprint density at radius 1 is 1.17 bits per heavy atom. The zero-order chi connectivity index (χ0) is 20.6. The largest absolute Gasteiger partial charge is 0.341 e. The van der Waals surface area contributed by atoms with Crippen LogP contribution in [0.1, 0.15) is 61.7 Å². The predicted molar refractivity (Wildman–Crippen MR) is 103 cm³/mol. The van der Waals surface area contributed by atoms with Crippen LogP contribution in [0.5, 0.6) is 0 Å². The minimum atomic E-state index is -3.70. The molecule has 2 N–H and O–H groups in total. The van der Waals surface area contributed by atoms with E-state index in [-0.39, 0.29) is 39.9 Å². The third kappa shape index (κ3) is 3.16. The van der Waals surface area contributed by atoms with E-state index in [1.807, 2.05) is 4.90 Å². The van der Waals surface area contributed by atoms with Crippen LogP contribution in [0.15, 0.2) is 33.7 Å². The van der Waals surface area contributed by atoms with Gasteiger partial charge in [0.25, 0.3) is 0 Å². The van der Waals surface area contributed by atoms with Crippen LogP contribution in [-0.2, 0) is 14.8 Å². The summed E-state index contributed by atoms with van der Waals surface area (Å²) in [6.45, 7) is 5.60. The monoisotopic (exact) mass is 416 g/mol. The first-order valence-electron chi connectivity index (χ1n) is 9.91. The molecule has 1 amide bonds. The fraction of sp³-hybridized carbons (Fsp3) is 0.550. The van der Waals surface area contributed by atoms with Crippen LogP contribution in [0.3, 0.4) is 0 Å². The van der Waals surface area contributed by atoms with Crippen molar-refractivity contribution in [1.29, 1.82) is 0 Å². The summed E-state index contributed by atoms with van der Waals surface area (Å²) >= 11 is 0. The van der Waals surface area contributed by atoms with Crippen molar-refractivity contribution in [3.8, 4) is 0 Å². The van der Waals surface area contributed by atoms with Gasteiger partial charge in [0, 0.05) is 30.8 Å². The van der Waals surface area contributed by atoms with Crippen molar-refractivity contribution < 1.29 is 17.7 Å². The van der Waals surface area contributed by atoms with Crippen LogP contribution < -0.4 is 5.14 Å². The molecule has 8 nitrogen and oxygen atoms in total. The van der Waals surface area contributed by atoms with Gasteiger partial charge >= 0.3 is 0 Å². The quantitative estimate of drug-likeness (QED) is 0.796. The van der Waals surface area contributed by atoms with Crippen LogP contribution in [0, 0.1) is 11.3 Å². The van der Waals surface area contributed by atoms with E-state index in [4.69, 9.17) is 9.66 Å². The van der Waals surface area contributed by atoms with Gasteiger partial charge in [-0.1, -0.05) is 31.1 Å². The number of benzene rings is 1. The summed E-state index contributed by atoms with van der Waals surface area (Å²) in [6.07, 6.45) is 2.03. The highest BCUT2D eigenvalue weighted by Gasteiger charge is 2.61. The first-order chi connectivity index (χ1) is 13.7. The first kappa shape index (κ1) is 18.7. The highest BCUT2D eigenvalue weighted by Crippen LogP contribution is 2.69. The number of carbonyl (C=O) groups is 1. The minimum Gasteiger partial charge on any atom is -0.341 e. The normalized spacial score (nSPS) is 26.2. The Morgan fingerprint density at radius 3 is 2.41 bits per heavy atom. The van der Waals surface area contributed by atoms with E-state index in [0.717, 1.165) is 18.4 Å². The molecule has 3 aliphatic rings. The van der Waals surface area contributed by atoms with Gasteiger partial charge < -0.3 is 9.42 Å². The summed E-state index contributed by atoms with van der Waals surface area (Å²) in [5, 5.41) is 9.40. The van der Waals surface area contributed by atoms with Crippen molar-refractivity contribution in [3.63, 3.8) is 0 Å². The average Bonchev–Trinajstić information content (AvgIpc) is 3.49. The highest BCUT2D eigenvalue weighted by atomic mass is 32.2. The Balaban J connectivity index is 1.29. The van der Waals surface area contributed by atoms with E-state index < -0.39 is 10.0 Å². The van der Waals surface area contributed by atoms with Crippen molar-refractivity contribution in [2.75, 3.05) is 13.1 Å². The van der Waals surface area contributed by atoms with E-state index in [1.165, 1.54) is 12.1 Å². The van der Waals surface area contributed by atoms with Crippen molar-refractivity contribution in [2.45, 2.75) is 49.3 Å². The molecule has 0 bridgehead atoms. The number of carbonyl (C=O) groups excluding carboxylic acids is 1. The van der Waals surface area contributed by atoms with Gasteiger partial charge in [0.05, 0.1) is 10.8 Å². The molecule has 1 aromatic carbocycles. The molecule has 1 aromatic heterocycles. The lowest BCUT2D eigenvalue weighted by molar-refractivity contribution is -0.137. The second-order valence-electron chi connectivity index (χ2n) is 9.10. The number of likely N-dealkylation sites (tertiary alicyclic amines) is 1. The molecule has 2 aromatic rings. The predicted octanol–water partition coefficient (Wildman–Crippen LogP) is 1.96. The number of nitrogens with zero attached hydrogens (tertiary/aromatic N) is 3. The number of hydrogen-bond acceptors (Lipinski definition) is 6. The lowest BCUT2D eigenvalue weighted by atomic mass is 9.99. The Labute approximate surface area is 169 Å². The van der Waals surface area contributed by atoms with E-state index in [1.54, 1.807) is 12.1 Å². The molecule has 0 spiro atoms. The molecule has 1 aliphatic heterocycles. The molecule has 0 unspecified atom stereocenters. The Hall–Kier alpha value is -2.26. The molecule has 29 heavy (non-hydrogen) atoms. The zero-order valence-corrected chi connectivity index (χ0v) is 17.2. The molecule has 5 rings (SSSR count). The van der Waals surface area contributed by atoms with Crippen molar-refractivity contribution >= 4 is 15.9 Å². The zero-order valence-electron chi connectivity index (χ0n) is 16.4. The number of aromatic nitrogens is 2. The molecule has 0 radical (unpaired) electrons. The van der Waals surface area contributed by atoms with Gasteiger partial charge in [-0.3, -0.25) is 4.79 Å². The molecule has 2 aliphatic carbocycles. The standard InChI is InChI=1S/C20H24N4O4S/c1-20(2)15(11-5-7-14(8-6-11)29(21,26)27)16(20)17-22-18(28-23-17)13-9-24(10-13)19(25)12-3-4-12/h5-8,12-13,15-16H,3-4,9-10H2,1-2H3,(H2,21,26,27)/t15-,16+/m0/s1. The van der Waals surface area contributed by atoms with E-state index >= 15 is 0 Å². The molecular weight excluding hydrogens is 392 g/mol. The van der Waals surface area contributed by atoms with Gasteiger partial charge in [0.15, 0.2) is 5.82 Å². The SMILES string of the molecule is CC1(C)[C@@H](c2ccc(S(N)(=O)=O)cc2)[C@@H]1c1noc(C2CN(C(=O)C3CC3)C2)n1. The maximum Gasteiger partial charge on any atom is 0.238 e. The fourth-order valence-electron chi connectivity index (χ4n) is 4.55. The molecule has 2 heterocycles. The molecule has 154 valence electrons. The van der Waals surface area contributed by atoms with Gasteiger partial charge in [-0.25, -0.2) is 13.6 Å². The van der Waals surface area contributed by atoms with Gasteiger partial charge in [-0.15, -0.1) is 0 Å². The maximum atomic E-state index is 12.1. The molecule has 3 fully saturated rings. The molecule has 2 atom stereocenters. The summed E-state index contributed by atoms with van der Waals surface area (Å²) in [5.41, 5.74) is 0.973. The third-order valence-electron chi connectivity index (χ3n) is 6.60. The van der Waals surface area contributed by atoms with Gasteiger partial charge in [0.2, 0.25) is 21.8 Å². The van der Waals surface area contributed by atoms with Gasteiger partial charge in [-0.2, -0.15) is 4.98 Å². The van der Waals surface area contributed by atoms with E-state index in [2.05, 4.69) is 24.0 Å². The van der Waals surface area contributed by atoms with Crippen LogP contribution in [0.2, 0.25) is 0 Å². The summed E-state index contributed by atoms with van der Waals surface area (Å²) in [7, 11) is -3.70. The summed E-state index contributed by atoms with van der Waals surface area (Å²) in [5.74, 6) is 2.17. The summed E-state index contributed by atoms with van der Waals surface area (Å²) in [6, 6.07) is 6.69. The number of sulfonamides is 1. The number of primary sulfonamides is 1. The highest BCUT2D eigenvalue weighted by molar-refractivity contribution is 7.89. The molecule has 1 saturated heterocycles. The third-order valence-corrected chi connectivity index (χ3v) is 7.53. The van der Waals surface area contributed by atoms with Crippen molar-refractivity contribution in [1.82, 2.24) is 15.0 Å². The maximum absolute atomic E-state index is 12.1. The summed E-state index contributed by atoms with van der Waals surface area (Å²) in [4.78, 5) is 18.7. The Morgan fingerprint density at radius 2 is 1.83 bits per heavy atom. The fourth-order valence-corrected chi connectivity index (χ4v) is 5.06. The first-order valence-corrected chi connectivity index (χ1v) is 11.5. The Bertz CT molecular complexity index is 1070. The van der Waals surface area contributed by atoms with Crippen LogP contribution in [-0.4, -0.2) is 42.5 Å². The topological polar surface area (TPSA) is 119 Å². The lowest BCUT2D eigenvalue weighted by Gasteiger charge is -2.37. The lowest BCUT2D eigenvalue weighted by Crippen LogP contribution is -2.49.